The van der Waals surface area contributed by atoms with E-state index in [-0.39, 0.29) is 55.1 Å². The number of ether oxygens (including phenoxy) is 5. The van der Waals surface area contributed by atoms with Crippen molar-refractivity contribution in [1.29, 1.82) is 0 Å². The molecule has 2 aromatic carbocycles. The number of urea groups is 1. The molecule has 4 aliphatic heterocycles. The van der Waals surface area contributed by atoms with E-state index in [0.29, 0.717) is 41.6 Å². The monoisotopic (exact) mass is 1320 g/mol. The quantitative estimate of drug-likeness (QED) is 0.0176. The highest BCUT2D eigenvalue weighted by Crippen LogP contribution is 2.35. The molecule has 0 spiro atoms. The van der Waals surface area contributed by atoms with Crippen LogP contribution in [-0.4, -0.2) is 266 Å². The molecule has 18 N–H and O–H groups in total. The van der Waals surface area contributed by atoms with E-state index in [2.05, 4.69) is 45.6 Å². The van der Waals surface area contributed by atoms with E-state index >= 15 is 0 Å². The molecule has 2 aromatic rings. The van der Waals surface area contributed by atoms with Crippen LogP contribution in [0.4, 0.5) is 16.2 Å². The topological polar surface area (TPSA) is 551 Å². The van der Waals surface area contributed by atoms with Crippen LogP contribution in [0.15, 0.2) is 48.5 Å². The van der Waals surface area contributed by atoms with Gasteiger partial charge in [-0.15, -0.1) is 0 Å². The second-order valence-corrected chi connectivity index (χ2v) is 24.6. The lowest BCUT2D eigenvalue weighted by Crippen LogP contribution is -2.68. The summed E-state index contributed by atoms with van der Waals surface area (Å²) >= 11 is 1.83. The number of thioether (sulfide) groups is 1. The number of methoxy groups -OCH3 is 1. The van der Waals surface area contributed by atoms with Crippen LogP contribution in [0.1, 0.15) is 46.4 Å². The number of benzene rings is 2. The Morgan fingerprint density at radius 1 is 0.724 bits per heavy atom. The zero-order chi connectivity index (χ0) is 64.0. The maximum Gasteiger partial charge on any atom is 0.397 e. The number of rotatable bonds is 34. The molecule has 4 aliphatic rings. The Bertz CT molecular complexity index is 2980. The second-order valence-electron chi connectivity index (χ2n) is 20.0. The van der Waals surface area contributed by atoms with Crippen LogP contribution in [0.5, 0.6) is 0 Å². The SMILES string of the molecule is CO[C@H]1[C@H](O)[C@@H](NS(=O)(=O)O)[C@@H](O[C@H]2[C@H](O)[C@@H](OS(=O)(=O)O)[C@H](OC[C@@H](O)[C@@H](O)[C@H](O)[C@@H](O)CNc3ccc(C(=O)NCCNc4ccc(C(=O)NCCNC(=O)CCCC[C@@H]5SC[C@@H]6NC(=O)N[C@@H]65)cc4)cc3)O[C@H]2C(=O)O)O[C@@H]1COS(=O)(=O)O. The number of hydrogen-bond donors (Lipinski definition) is 18. The van der Waals surface area contributed by atoms with Crippen LogP contribution in [-0.2, 0) is 72.7 Å². The summed E-state index contributed by atoms with van der Waals surface area (Å²) in [6, 6.07) is 10.3. The molecule has 4 saturated heterocycles. The molecule has 5 amide bonds. The molecule has 4 fully saturated rings. The first-order valence-corrected chi connectivity index (χ1v) is 31.8. The summed E-state index contributed by atoms with van der Waals surface area (Å²) in [5.41, 5.74) is 1.61. The minimum absolute atomic E-state index is 0.109. The Kier molecular flexibility index (Phi) is 26.0. The first-order chi connectivity index (χ1) is 40.9. The van der Waals surface area contributed by atoms with Gasteiger partial charge in [-0.2, -0.15) is 41.7 Å². The first-order valence-electron chi connectivity index (χ1n) is 26.6. The van der Waals surface area contributed by atoms with Gasteiger partial charge in [-0.1, -0.05) is 6.42 Å². The number of aliphatic hydroxyl groups excluding tert-OH is 6. The summed E-state index contributed by atoms with van der Waals surface area (Å²) in [7, 11) is -15.3. The second kappa shape index (κ2) is 31.9. The highest BCUT2D eigenvalue weighted by atomic mass is 32.3. The van der Waals surface area contributed by atoms with Gasteiger partial charge in [0, 0.05) is 79.8 Å². The fraction of sp³-hybridized carbons (Fsp3) is 0.638. The lowest BCUT2D eigenvalue weighted by atomic mass is 9.95. The van der Waals surface area contributed by atoms with Crippen molar-refractivity contribution in [1.82, 2.24) is 31.3 Å². The summed E-state index contributed by atoms with van der Waals surface area (Å²) in [6.07, 6.45) is -26.9. The van der Waals surface area contributed by atoms with Gasteiger partial charge < -0.3 is 96.6 Å². The van der Waals surface area contributed by atoms with Gasteiger partial charge in [0.15, 0.2) is 24.8 Å². The predicted octanol–water partition coefficient (Wildman–Crippen LogP) is -5.60. The van der Waals surface area contributed by atoms with E-state index in [0.717, 1.165) is 25.7 Å². The molecule has 40 heteroatoms. The first kappa shape index (κ1) is 70.8. The van der Waals surface area contributed by atoms with E-state index in [1.54, 1.807) is 24.3 Å². The highest BCUT2D eigenvalue weighted by Gasteiger charge is 2.56. The van der Waals surface area contributed by atoms with E-state index in [4.69, 9.17) is 28.2 Å². The number of carboxylic acid groups (broad SMARTS) is 1. The van der Waals surface area contributed by atoms with Crippen LogP contribution in [0.2, 0.25) is 0 Å². The molecular formula is C47H70N8O28S4. The van der Waals surface area contributed by atoms with Gasteiger partial charge in [-0.3, -0.25) is 28.0 Å². The summed E-state index contributed by atoms with van der Waals surface area (Å²) in [6.45, 7) is -1.96. The molecular weight excluding hydrogens is 1250 g/mol. The molecule has 6 rings (SSSR count). The maximum absolute atomic E-state index is 12.8. The van der Waals surface area contributed by atoms with Crippen molar-refractivity contribution >= 4 is 84.0 Å². The third kappa shape index (κ3) is 21.4. The average Bonchev–Trinajstić information content (AvgIpc) is 1.47. The summed E-state index contributed by atoms with van der Waals surface area (Å²) in [5, 5.41) is 95.6. The fourth-order valence-electron chi connectivity index (χ4n) is 9.52. The van der Waals surface area contributed by atoms with Crippen molar-refractivity contribution in [2.24, 2.45) is 0 Å². The number of aliphatic carboxylic acids is 1. The number of carbonyl (C=O) groups is 5. The number of nitrogens with one attached hydrogen (secondary N) is 8. The van der Waals surface area contributed by atoms with Gasteiger partial charge in [0.05, 0.1) is 31.4 Å². The van der Waals surface area contributed by atoms with Crippen LogP contribution < -0.4 is 41.9 Å². The minimum Gasteiger partial charge on any atom is -0.479 e. The third-order valence-electron chi connectivity index (χ3n) is 13.8. The lowest BCUT2D eigenvalue weighted by molar-refractivity contribution is -0.340. The maximum atomic E-state index is 12.8. The van der Waals surface area contributed by atoms with E-state index in [1.807, 2.05) is 11.8 Å². The van der Waals surface area contributed by atoms with Crippen molar-refractivity contribution in [3.63, 3.8) is 0 Å². The molecule has 0 radical (unpaired) electrons. The standard InChI is InChI=1S/C47H70N8O28S4/c1-77-38-29(20-79-86(71,72)73)80-45(33(36(38)61)55-85(68,69)70)81-39-37(62)40(83-87(74,75)76)46(82-41(39)44(65)66)78-19-28(57)35(60)34(59)27(56)18-52-25-12-8-23(9-13-25)42(63)50-16-14-48-24-10-6-22(7-11-24)43(64)51-17-15-49-31(58)5-3-2-4-30-32-26(21-84-30)53-47(67)54-32/h6-13,26-30,32-41,45-46,48,52,55-57,59-62H,2-5,14-21H2,1H3,(H,49,58)(H,50,63)(H,51,64)(H,65,66)(H2,53,54,67)(H,68,69,70)(H,71,72,73)(H,74,75,76)/t26-,27-,28+,29+,30-,32-,33+,34+,35+,36+,37-,38+,39-,40+,41+,45+,46+/m0/s1. The van der Waals surface area contributed by atoms with Crippen LogP contribution in [0, 0.1) is 0 Å². The average molecular weight is 1320 g/mol. The summed E-state index contributed by atoms with van der Waals surface area (Å²) in [4.78, 5) is 61.9. The van der Waals surface area contributed by atoms with E-state index < -0.39 is 149 Å². The Hall–Kier alpha value is -5.29. The third-order valence-corrected chi connectivity index (χ3v) is 16.8. The Labute approximate surface area is 501 Å². The molecule has 0 saturated carbocycles. The van der Waals surface area contributed by atoms with Crippen molar-refractivity contribution < 1.29 is 131 Å². The number of anilines is 2. The smallest absolute Gasteiger partial charge is 0.397 e. The highest BCUT2D eigenvalue weighted by molar-refractivity contribution is 8.00. The Balaban J connectivity index is 0.903. The largest absolute Gasteiger partial charge is 0.479 e. The molecule has 4 heterocycles. The van der Waals surface area contributed by atoms with Gasteiger partial charge in [0.25, 0.3) is 11.8 Å². The predicted molar refractivity (Wildman–Crippen MR) is 297 cm³/mol. The van der Waals surface area contributed by atoms with Crippen molar-refractivity contribution in [3.8, 4) is 0 Å². The number of fused-ring (bicyclic) bond motifs is 1. The normalized spacial score (nSPS) is 28.0. The Morgan fingerprint density at radius 2 is 1.32 bits per heavy atom. The van der Waals surface area contributed by atoms with Gasteiger partial charge in [0.2, 0.25) is 5.91 Å². The molecule has 0 aliphatic carbocycles. The van der Waals surface area contributed by atoms with Gasteiger partial charge in [0.1, 0.15) is 54.9 Å². The summed E-state index contributed by atoms with van der Waals surface area (Å²) < 4.78 is 135. The van der Waals surface area contributed by atoms with Gasteiger partial charge >= 0.3 is 43.1 Å². The number of unbranched alkanes of at least 4 members (excludes halogenated alkanes) is 1. The van der Waals surface area contributed by atoms with E-state index in [9.17, 15) is 94.1 Å². The number of hydrogen-bond acceptors (Lipinski definition) is 27. The molecule has 0 aromatic heterocycles. The van der Waals surface area contributed by atoms with Gasteiger partial charge in [-0.25, -0.2) is 18.0 Å². The van der Waals surface area contributed by atoms with Crippen LogP contribution in [0.25, 0.3) is 0 Å². The number of amides is 5. The van der Waals surface area contributed by atoms with Crippen molar-refractivity contribution in [3.05, 3.63) is 59.7 Å². The molecule has 0 bridgehead atoms. The van der Waals surface area contributed by atoms with Crippen LogP contribution in [0.3, 0.4) is 0 Å². The molecule has 17 atom stereocenters. The van der Waals surface area contributed by atoms with Crippen LogP contribution >= 0.6 is 11.8 Å². The Morgan fingerprint density at radius 3 is 1.91 bits per heavy atom. The summed E-state index contributed by atoms with van der Waals surface area (Å²) in [5.74, 6) is -2.08. The lowest BCUT2D eigenvalue weighted by Gasteiger charge is -2.47. The molecule has 0 unspecified atom stereocenters. The number of aliphatic hydroxyl groups is 6. The molecule has 87 heavy (non-hydrogen) atoms. The van der Waals surface area contributed by atoms with Crippen molar-refractivity contribution in [2.75, 3.05) is 69.4 Å². The molecule has 490 valence electrons. The minimum atomic E-state index is -5.68. The fourth-order valence-corrected chi connectivity index (χ4v) is 12.4. The zero-order valence-corrected chi connectivity index (χ0v) is 49.1. The van der Waals surface area contributed by atoms with Crippen molar-refractivity contribution in [2.45, 2.75) is 129 Å². The number of carboxylic acids is 1. The number of carbonyl (C=O) groups excluding carboxylic acids is 4. The molecule has 36 nitrogen and oxygen atoms in total. The van der Waals surface area contributed by atoms with E-state index in [1.165, 1.54) is 29.0 Å². The van der Waals surface area contributed by atoms with Gasteiger partial charge in [-0.05, 0) is 61.4 Å². The zero-order valence-electron chi connectivity index (χ0n) is 45.9.